The summed E-state index contributed by atoms with van der Waals surface area (Å²) in [5, 5.41) is 8.11. The Balaban J connectivity index is 1.67. The second kappa shape index (κ2) is 7.09. The fraction of sp³-hybridized carbons (Fsp3) is 0.333. The standard InChI is InChI=1S/C21H24N4/c1-15-8-7-11-17(14-15)23-21-24-19-13-6-5-12-18(19)20(25-21)22-16-9-3-2-4-10-16/h5-8,11-14,16H,2-4,9-10H2,1H3,(H2,22,23,24,25). The topological polar surface area (TPSA) is 49.8 Å². The molecular formula is C21H24N4. The fourth-order valence-corrected chi connectivity index (χ4v) is 3.53. The quantitative estimate of drug-likeness (QED) is 0.669. The molecule has 0 bridgehead atoms. The molecule has 1 aromatic heterocycles. The first-order valence-electron chi connectivity index (χ1n) is 9.15. The molecule has 25 heavy (non-hydrogen) atoms. The van der Waals surface area contributed by atoms with E-state index < -0.39 is 0 Å². The molecule has 1 aliphatic rings. The van der Waals surface area contributed by atoms with Crippen molar-refractivity contribution in [2.75, 3.05) is 10.6 Å². The fourth-order valence-electron chi connectivity index (χ4n) is 3.53. The first kappa shape index (κ1) is 15.9. The van der Waals surface area contributed by atoms with E-state index in [1.54, 1.807) is 0 Å². The summed E-state index contributed by atoms with van der Waals surface area (Å²) in [6.07, 6.45) is 6.39. The lowest BCUT2D eigenvalue weighted by Gasteiger charge is -2.24. The van der Waals surface area contributed by atoms with Crippen LogP contribution in [0.3, 0.4) is 0 Å². The van der Waals surface area contributed by atoms with Crippen molar-refractivity contribution in [3.63, 3.8) is 0 Å². The van der Waals surface area contributed by atoms with Crippen LogP contribution >= 0.6 is 0 Å². The maximum Gasteiger partial charge on any atom is 0.229 e. The Morgan fingerprint density at radius 3 is 2.60 bits per heavy atom. The van der Waals surface area contributed by atoms with Gasteiger partial charge in [0.2, 0.25) is 5.95 Å². The zero-order valence-electron chi connectivity index (χ0n) is 14.6. The molecule has 0 saturated heterocycles. The Morgan fingerprint density at radius 2 is 1.76 bits per heavy atom. The molecule has 0 spiro atoms. The van der Waals surface area contributed by atoms with Gasteiger partial charge in [-0.15, -0.1) is 0 Å². The van der Waals surface area contributed by atoms with Gasteiger partial charge in [-0.3, -0.25) is 0 Å². The number of para-hydroxylation sites is 1. The highest BCUT2D eigenvalue weighted by atomic mass is 15.2. The number of nitrogens with zero attached hydrogens (tertiary/aromatic N) is 2. The van der Waals surface area contributed by atoms with Gasteiger partial charge in [-0.05, 0) is 49.6 Å². The summed E-state index contributed by atoms with van der Waals surface area (Å²) >= 11 is 0. The Labute approximate surface area is 148 Å². The minimum absolute atomic E-state index is 0.513. The normalized spacial score (nSPS) is 15.2. The molecule has 3 aromatic rings. The van der Waals surface area contributed by atoms with Crippen LogP contribution in [-0.2, 0) is 0 Å². The molecule has 0 aliphatic heterocycles. The van der Waals surface area contributed by atoms with Crippen molar-refractivity contribution in [2.45, 2.75) is 45.1 Å². The number of hydrogen-bond donors (Lipinski definition) is 2. The van der Waals surface area contributed by atoms with Crippen LogP contribution in [0.25, 0.3) is 10.9 Å². The van der Waals surface area contributed by atoms with Crippen molar-refractivity contribution in [1.82, 2.24) is 9.97 Å². The van der Waals surface area contributed by atoms with Crippen LogP contribution in [0, 0.1) is 6.92 Å². The van der Waals surface area contributed by atoms with E-state index in [1.807, 2.05) is 30.3 Å². The Kier molecular flexibility index (Phi) is 4.51. The van der Waals surface area contributed by atoms with Crippen molar-refractivity contribution in [3.05, 3.63) is 54.1 Å². The number of hydrogen-bond acceptors (Lipinski definition) is 4. The molecule has 4 nitrogen and oxygen atoms in total. The first-order chi connectivity index (χ1) is 12.3. The average molecular weight is 332 g/mol. The van der Waals surface area contributed by atoms with Crippen LogP contribution in [0.2, 0.25) is 0 Å². The van der Waals surface area contributed by atoms with E-state index in [1.165, 1.54) is 37.7 Å². The predicted octanol–water partition coefficient (Wildman–Crippen LogP) is 5.43. The molecule has 4 heteroatoms. The first-order valence-corrected chi connectivity index (χ1v) is 9.15. The van der Waals surface area contributed by atoms with Gasteiger partial charge in [-0.25, -0.2) is 4.98 Å². The van der Waals surface area contributed by atoms with E-state index in [-0.39, 0.29) is 0 Å². The van der Waals surface area contributed by atoms with Crippen LogP contribution in [-0.4, -0.2) is 16.0 Å². The van der Waals surface area contributed by atoms with Gasteiger partial charge in [-0.1, -0.05) is 43.5 Å². The molecular weight excluding hydrogens is 308 g/mol. The Morgan fingerprint density at radius 1 is 0.920 bits per heavy atom. The third-order valence-electron chi connectivity index (χ3n) is 4.82. The minimum Gasteiger partial charge on any atom is -0.367 e. The van der Waals surface area contributed by atoms with Gasteiger partial charge in [0.05, 0.1) is 5.52 Å². The molecule has 128 valence electrons. The van der Waals surface area contributed by atoms with Gasteiger partial charge in [0, 0.05) is 17.1 Å². The lowest BCUT2D eigenvalue weighted by molar-refractivity contribution is 0.462. The zero-order chi connectivity index (χ0) is 17.1. The average Bonchev–Trinajstić information content (AvgIpc) is 2.63. The number of rotatable bonds is 4. The van der Waals surface area contributed by atoms with E-state index in [4.69, 9.17) is 9.97 Å². The molecule has 0 atom stereocenters. The van der Waals surface area contributed by atoms with E-state index in [0.717, 1.165) is 22.4 Å². The highest BCUT2D eigenvalue weighted by Gasteiger charge is 2.16. The van der Waals surface area contributed by atoms with Crippen LogP contribution in [0.4, 0.5) is 17.5 Å². The van der Waals surface area contributed by atoms with Crippen molar-refractivity contribution in [3.8, 4) is 0 Å². The molecule has 2 N–H and O–H groups in total. The van der Waals surface area contributed by atoms with Gasteiger partial charge in [0.15, 0.2) is 0 Å². The summed E-state index contributed by atoms with van der Waals surface area (Å²) in [5.41, 5.74) is 3.19. The number of aromatic nitrogens is 2. The van der Waals surface area contributed by atoms with Gasteiger partial charge >= 0.3 is 0 Å². The van der Waals surface area contributed by atoms with Gasteiger partial charge in [-0.2, -0.15) is 4.98 Å². The molecule has 4 rings (SSSR count). The number of anilines is 3. The molecule has 1 fully saturated rings. The summed E-state index contributed by atoms with van der Waals surface area (Å²) < 4.78 is 0. The van der Waals surface area contributed by atoms with Crippen molar-refractivity contribution in [1.29, 1.82) is 0 Å². The molecule has 1 saturated carbocycles. The number of nitrogens with one attached hydrogen (secondary N) is 2. The third-order valence-corrected chi connectivity index (χ3v) is 4.82. The Bertz CT molecular complexity index is 869. The van der Waals surface area contributed by atoms with Crippen molar-refractivity contribution >= 4 is 28.4 Å². The summed E-state index contributed by atoms with van der Waals surface area (Å²) in [6, 6.07) is 17.0. The van der Waals surface area contributed by atoms with Crippen LogP contribution < -0.4 is 10.6 Å². The van der Waals surface area contributed by atoms with E-state index in [2.05, 4.69) is 35.8 Å². The SMILES string of the molecule is Cc1cccc(Nc2nc(NC3CCCCC3)c3ccccc3n2)c1. The number of benzene rings is 2. The van der Waals surface area contributed by atoms with Gasteiger partial charge < -0.3 is 10.6 Å². The monoisotopic (exact) mass is 332 g/mol. The second-order valence-corrected chi connectivity index (χ2v) is 6.89. The van der Waals surface area contributed by atoms with Crippen molar-refractivity contribution < 1.29 is 0 Å². The molecule has 1 heterocycles. The molecule has 2 aromatic carbocycles. The Hall–Kier alpha value is -2.62. The molecule has 0 radical (unpaired) electrons. The number of fused-ring (bicyclic) bond motifs is 1. The van der Waals surface area contributed by atoms with E-state index in [0.29, 0.717) is 12.0 Å². The lowest BCUT2D eigenvalue weighted by Crippen LogP contribution is -2.23. The second-order valence-electron chi connectivity index (χ2n) is 6.89. The largest absolute Gasteiger partial charge is 0.367 e. The summed E-state index contributed by atoms with van der Waals surface area (Å²) in [5.74, 6) is 1.58. The van der Waals surface area contributed by atoms with Crippen LogP contribution in [0.15, 0.2) is 48.5 Å². The van der Waals surface area contributed by atoms with Gasteiger partial charge in [0.25, 0.3) is 0 Å². The van der Waals surface area contributed by atoms with E-state index in [9.17, 15) is 0 Å². The summed E-state index contributed by atoms with van der Waals surface area (Å²) in [7, 11) is 0. The van der Waals surface area contributed by atoms with Crippen LogP contribution in [0.1, 0.15) is 37.7 Å². The smallest absolute Gasteiger partial charge is 0.229 e. The lowest BCUT2D eigenvalue weighted by atomic mass is 9.95. The van der Waals surface area contributed by atoms with Crippen LogP contribution in [0.5, 0.6) is 0 Å². The number of aryl methyl sites for hydroxylation is 1. The maximum atomic E-state index is 4.79. The highest BCUT2D eigenvalue weighted by Crippen LogP contribution is 2.27. The van der Waals surface area contributed by atoms with E-state index >= 15 is 0 Å². The third kappa shape index (κ3) is 3.73. The predicted molar refractivity (Wildman–Crippen MR) is 104 cm³/mol. The highest BCUT2D eigenvalue weighted by molar-refractivity contribution is 5.90. The summed E-state index contributed by atoms with van der Waals surface area (Å²) in [4.78, 5) is 9.48. The minimum atomic E-state index is 0.513. The maximum absolute atomic E-state index is 4.79. The molecule has 0 amide bonds. The van der Waals surface area contributed by atoms with Crippen molar-refractivity contribution in [2.24, 2.45) is 0 Å². The molecule has 1 aliphatic carbocycles. The summed E-state index contributed by atoms with van der Waals surface area (Å²) in [6.45, 7) is 2.09. The molecule has 0 unspecified atom stereocenters. The zero-order valence-corrected chi connectivity index (χ0v) is 14.6. The van der Waals surface area contributed by atoms with Gasteiger partial charge in [0.1, 0.15) is 5.82 Å².